The van der Waals surface area contributed by atoms with Crippen molar-refractivity contribution in [2.24, 2.45) is 5.92 Å². The first kappa shape index (κ1) is 24.8. The minimum atomic E-state index is -0.0782. The first-order valence-corrected chi connectivity index (χ1v) is 13.2. The van der Waals surface area contributed by atoms with E-state index in [0.717, 1.165) is 24.0 Å². The summed E-state index contributed by atoms with van der Waals surface area (Å²) in [5.74, 6) is 1.08. The molecule has 5 rings (SSSR count). The van der Waals surface area contributed by atoms with Gasteiger partial charge in [0.1, 0.15) is 12.4 Å². The lowest BCUT2D eigenvalue weighted by Crippen LogP contribution is -2.29. The van der Waals surface area contributed by atoms with E-state index in [1.807, 2.05) is 24.3 Å². The van der Waals surface area contributed by atoms with Crippen molar-refractivity contribution in [1.29, 1.82) is 0 Å². The average Bonchev–Trinajstić information content (AvgIpc) is 3.24. The normalized spacial score (nSPS) is 12.7. The molecule has 1 amide bonds. The lowest BCUT2D eigenvalue weighted by Gasteiger charge is -2.22. The Hall–Kier alpha value is -3.85. The predicted octanol–water partition coefficient (Wildman–Crippen LogP) is 7.97. The van der Waals surface area contributed by atoms with Gasteiger partial charge in [-0.2, -0.15) is 0 Å². The van der Waals surface area contributed by atoms with Crippen LogP contribution < -0.4 is 10.1 Å². The molecule has 188 valence electrons. The van der Waals surface area contributed by atoms with Gasteiger partial charge in [0.2, 0.25) is 0 Å². The van der Waals surface area contributed by atoms with Gasteiger partial charge in [-0.1, -0.05) is 91.7 Å². The Balaban J connectivity index is 1.27. The van der Waals surface area contributed by atoms with Crippen LogP contribution in [-0.2, 0) is 13.0 Å². The van der Waals surface area contributed by atoms with Gasteiger partial charge in [-0.15, -0.1) is 0 Å². The van der Waals surface area contributed by atoms with Crippen LogP contribution in [0.15, 0.2) is 84.9 Å². The number of ether oxygens (including phenoxy) is 1. The molecule has 0 spiro atoms. The largest absolute Gasteiger partial charge is 0.489 e. The number of nitrogens with one attached hydrogen (secondary N) is 1. The zero-order valence-corrected chi connectivity index (χ0v) is 22.2. The summed E-state index contributed by atoms with van der Waals surface area (Å²) in [5, 5.41) is 3.28. The monoisotopic (exact) mass is 489 g/mol. The molecular weight excluding hydrogens is 454 g/mol. The van der Waals surface area contributed by atoms with Crippen molar-refractivity contribution in [2.45, 2.75) is 53.2 Å². The van der Waals surface area contributed by atoms with Crippen molar-refractivity contribution in [1.82, 2.24) is 5.32 Å². The summed E-state index contributed by atoms with van der Waals surface area (Å²) >= 11 is 0. The van der Waals surface area contributed by atoms with Crippen molar-refractivity contribution in [3.8, 4) is 16.9 Å². The molecule has 0 aliphatic heterocycles. The van der Waals surface area contributed by atoms with Crippen molar-refractivity contribution < 1.29 is 9.53 Å². The zero-order valence-electron chi connectivity index (χ0n) is 22.2. The molecule has 0 saturated heterocycles. The van der Waals surface area contributed by atoms with E-state index in [0.29, 0.717) is 23.8 Å². The third-order valence-corrected chi connectivity index (χ3v) is 7.02. The van der Waals surface area contributed by atoms with Crippen LogP contribution in [-0.4, -0.2) is 5.91 Å². The number of amides is 1. The Morgan fingerprint density at radius 3 is 2.38 bits per heavy atom. The van der Waals surface area contributed by atoms with Gasteiger partial charge in [-0.05, 0) is 84.2 Å². The van der Waals surface area contributed by atoms with Crippen molar-refractivity contribution in [2.75, 3.05) is 0 Å². The predicted molar refractivity (Wildman–Crippen MR) is 151 cm³/mol. The standard InChI is InChI=1S/C34H35NO2/c1-22(2)14-33(29-16-23(3)15-24(4)17-29)35-34(36)27-9-7-10-30(20-27)37-21-25-12-13-32-28(18-25)19-26-8-5-6-11-31(26)32/h5-13,15-18,20,22,33H,14,19,21H2,1-4H3,(H,35,36). The molecule has 1 unspecified atom stereocenters. The molecule has 4 aromatic carbocycles. The van der Waals surface area contributed by atoms with Crippen LogP contribution in [0.1, 0.15) is 70.0 Å². The molecule has 3 nitrogen and oxygen atoms in total. The number of fused-ring (bicyclic) bond motifs is 3. The van der Waals surface area contributed by atoms with Crippen LogP contribution in [0, 0.1) is 19.8 Å². The number of carbonyl (C=O) groups excluding carboxylic acids is 1. The van der Waals surface area contributed by atoms with E-state index in [4.69, 9.17) is 4.74 Å². The fraction of sp³-hybridized carbons (Fsp3) is 0.265. The molecule has 1 N–H and O–H groups in total. The fourth-order valence-corrected chi connectivity index (χ4v) is 5.38. The first-order chi connectivity index (χ1) is 17.9. The van der Waals surface area contributed by atoms with Gasteiger partial charge >= 0.3 is 0 Å². The van der Waals surface area contributed by atoms with Crippen molar-refractivity contribution >= 4 is 5.91 Å². The van der Waals surface area contributed by atoms with Crippen LogP contribution in [0.4, 0.5) is 0 Å². The van der Waals surface area contributed by atoms with E-state index in [1.165, 1.54) is 33.4 Å². The number of rotatable bonds is 8. The topological polar surface area (TPSA) is 38.3 Å². The van der Waals surface area contributed by atoms with E-state index in [9.17, 15) is 4.79 Å². The third kappa shape index (κ3) is 5.77. The Morgan fingerprint density at radius 1 is 0.838 bits per heavy atom. The maximum Gasteiger partial charge on any atom is 0.251 e. The summed E-state index contributed by atoms with van der Waals surface area (Å²) in [6.45, 7) is 9.05. The van der Waals surface area contributed by atoms with Crippen LogP contribution in [0.2, 0.25) is 0 Å². The summed E-state index contributed by atoms with van der Waals surface area (Å²) in [6.07, 6.45) is 1.85. The molecule has 0 aromatic heterocycles. The molecule has 0 saturated carbocycles. The van der Waals surface area contributed by atoms with Gasteiger partial charge in [0.25, 0.3) is 5.91 Å². The lowest BCUT2D eigenvalue weighted by atomic mass is 9.94. The smallest absolute Gasteiger partial charge is 0.251 e. The molecule has 1 aliphatic carbocycles. The number of hydrogen-bond donors (Lipinski definition) is 1. The Labute approximate surface area is 220 Å². The number of hydrogen-bond acceptors (Lipinski definition) is 2. The highest BCUT2D eigenvalue weighted by atomic mass is 16.5. The van der Waals surface area contributed by atoms with E-state index in [2.05, 4.69) is 93.7 Å². The van der Waals surface area contributed by atoms with Gasteiger partial charge in [-0.3, -0.25) is 4.79 Å². The third-order valence-electron chi connectivity index (χ3n) is 7.02. The van der Waals surface area contributed by atoms with Crippen LogP contribution in [0.5, 0.6) is 5.75 Å². The Bertz CT molecular complexity index is 1420. The van der Waals surface area contributed by atoms with Gasteiger partial charge in [0.05, 0.1) is 6.04 Å². The second-order valence-corrected chi connectivity index (χ2v) is 10.7. The molecule has 0 radical (unpaired) electrons. The van der Waals surface area contributed by atoms with Gasteiger partial charge in [0, 0.05) is 5.56 Å². The number of benzene rings is 4. The highest BCUT2D eigenvalue weighted by molar-refractivity contribution is 5.94. The van der Waals surface area contributed by atoms with Crippen LogP contribution >= 0.6 is 0 Å². The first-order valence-electron chi connectivity index (χ1n) is 13.2. The fourth-order valence-electron chi connectivity index (χ4n) is 5.38. The molecule has 0 bridgehead atoms. The molecule has 4 aromatic rings. The molecule has 1 atom stereocenters. The number of aryl methyl sites for hydroxylation is 2. The van der Waals surface area contributed by atoms with E-state index in [1.54, 1.807) is 0 Å². The maximum absolute atomic E-state index is 13.3. The molecule has 3 heteroatoms. The summed E-state index contributed by atoms with van der Waals surface area (Å²) in [7, 11) is 0. The zero-order chi connectivity index (χ0) is 25.9. The molecule has 1 aliphatic rings. The number of carbonyl (C=O) groups is 1. The summed E-state index contributed by atoms with van der Waals surface area (Å²) in [6, 6.07) is 29.1. The molecule has 0 heterocycles. The maximum atomic E-state index is 13.3. The minimum Gasteiger partial charge on any atom is -0.489 e. The SMILES string of the molecule is Cc1cc(C)cc(C(CC(C)C)NC(=O)c2cccc(OCc3ccc4c(c3)Cc3ccccc3-4)c2)c1. The summed E-state index contributed by atoms with van der Waals surface area (Å²) in [5.41, 5.74) is 10.7. The second kappa shape index (κ2) is 10.6. The van der Waals surface area contributed by atoms with E-state index >= 15 is 0 Å². The van der Waals surface area contributed by atoms with Gasteiger partial charge in [0.15, 0.2) is 0 Å². The average molecular weight is 490 g/mol. The highest BCUT2D eigenvalue weighted by Crippen LogP contribution is 2.36. The quantitative estimate of drug-likeness (QED) is 0.240. The van der Waals surface area contributed by atoms with Gasteiger partial charge in [-0.25, -0.2) is 0 Å². The molecule has 0 fully saturated rings. The summed E-state index contributed by atoms with van der Waals surface area (Å²) < 4.78 is 6.13. The Kier molecular flexibility index (Phi) is 7.14. The highest BCUT2D eigenvalue weighted by Gasteiger charge is 2.19. The van der Waals surface area contributed by atoms with Crippen molar-refractivity contribution in [3.05, 3.63) is 124 Å². The lowest BCUT2D eigenvalue weighted by molar-refractivity contribution is 0.0931. The second-order valence-electron chi connectivity index (χ2n) is 10.7. The Morgan fingerprint density at radius 2 is 1.59 bits per heavy atom. The minimum absolute atomic E-state index is 0.0359. The van der Waals surface area contributed by atoms with Crippen LogP contribution in [0.3, 0.4) is 0 Å². The molecular formula is C34H35NO2. The van der Waals surface area contributed by atoms with Crippen LogP contribution in [0.25, 0.3) is 11.1 Å². The van der Waals surface area contributed by atoms with E-state index < -0.39 is 0 Å². The van der Waals surface area contributed by atoms with E-state index in [-0.39, 0.29) is 11.9 Å². The van der Waals surface area contributed by atoms with Crippen molar-refractivity contribution in [3.63, 3.8) is 0 Å². The summed E-state index contributed by atoms with van der Waals surface area (Å²) in [4.78, 5) is 13.3. The molecule has 37 heavy (non-hydrogen) atoms. The van der Waals surface area contributed by atoms with Gasteiger partial charge < -0.3 is 10.1 Å².